The lowest BCUT2D eigenvalue weighted by molar-refractivity contribution is 0.122. The Labute approximate surface area is 129 Å². The van der Waals surface area contributed by atoms with Gasteiger partial charge < -0.3 is 24.8 Å². The van der Waals surface area contributed by atoms with Crippen molar-refractivity contribution in [2.45, 2.75) is 31.5 Å². The minimum absolute atomic E-state index is 0.467. The SMILES string of the molecule is COc1ccc(OC)c2c1CN(C(=S)NC1CC1)C[C@H]2O. The number of aliphatic hydroxyl groups excluding tert-OH is 1. The monoisotopic (exact) mass is 308 g/mol. The lowest BCUT2D eigenvalue weighted by Gasteiger charge is -2.35. The van der Waals surface area contributed by atoms with Crippen molar-refractivity contribution < 1.29 is 14.6 Å². The third kappa shape index (κ3) is 2.78. The number of rotatable bonds is 3. The molecule has 114 valence electrons. The highest BCUT2D eigenvalue weighted by Gasteiger charge is 2.32. The lowest BCUT2D eigenvalue weighted by Crippen LogP contribution is -2.44. The van der Waals surface area contributed by atoms with Crippen LogP contribution in [0, 0.1) is 0 Å². The normalized spacial score (nSPS) is 20.7. The smallest absolute Gasteiger partial charge is 0.169 e. The number of fused-ring (bicyclic) bond motifs is 1. The molecule has 6 heteroatoms. The first kappa shape index (κ1) is 14.4. The van der Waals surface area contributed by atoms with Crippen LogP contribution in [0.4, 0.5) is 0 Å². The van der Waals surface area contributed by atoms with Crippen molar-refractivity contribution in [1.82, 2.24) is 10.2 Å². The van der Waals surface area contributed by atoms with Crippen LogP contribution in [0.1, 0.15) is 30.1 Å². The molecule has 1 aromatic carbocycles. The maximum absolute atomic E-state index is 10.5. The fourth-order valence-corrected chi connectivity index (χ4v) is 3.03. The van der Waals surface area contributed by atoms with E-state index in [9.17, 15) is 5.11 Å². The molecule has 1 atom stereocenters. The number of β-amino-alcohol motifs (C(OH)–C–C–N with tert-alkyl or cyclic N) is 1. The number of ether oxygens (including phenoxy) is 2. The van der Waals surface area contributed by atoms with Gasteiger partial charge in [-0.25, -0.2) is 0 Å². The Morgan fingerprint density at radius 2 is 1.95 bits per heavy atom. The molecule has 0 amide bonds. The van der Waals surface area contributed by atoms with Crippen molar-refractivity contribution in [2.24, 2.45) is 0 Å². The average Bonchev–Trinajstić information content (AvgIpc) is 3.29. The van der Waals surface area contributed by atoms with Gasteiger partial charge in [-0.15, -0.1) is 0 Å². The molecule has 3 rings (SSSR count). The number of hydrogen-bond donors (Lipinski definition) is 2. The molecule has 0 aromatic heterocycles. The molecular formula is C15H20N2O3S. The maximum atomic E-state index is 10.5. The largest absolute Gasteiger partial charge is 0.496 e. The van der Waals surface area contributed by atoms with Gasteiger partial charge in [-0.05, 0) is 37.2 Å². The van der Waals surface area contributed by atoms with Gasteiger partial charge in [0.2, 0.25) is 0 Å². The van der Waals surface area contributed by atoms with E-state index in [4.69, 9.17) is 21.7 Å². The van der Waals surface area contributed by atoms with Crippen molar-refractivity contribution in [2.75, 3.05) is 20.8 Å². The highest BCUT2D eigenvalue weighted by atomic mass is 32.1. The summed E-state index contributed by atoms with van der Waals surface area (Å²) in [4.78, 5) is 1.99. The van der Waals surface area contributed by atoms with E-state index in [2.05, 4.69) is 5.32 Å². The topological polar surface area (TPSA) is 54.0 Å². The summed E-state index contributed by atoms with van der Waals surface area (Å²) >= 11 is 5.44. The van der Waals surface area contributed by atoms with Gasteiger partial charge in [0, 0.05) is 23.7 Å². The summed E-state index contributed by atoms with van der Waals surface area (Å²) in [6, 6.07) is 4.20. The quantitative estimate of drug-likeness (QED) is 0.827. The number of nitrogens with one attached hydrogen (secondary N) is 1. The third-order valence-corrected chi connectivity index (χ3v) is 4.36. The second-order valence-electron chi connectivity index (χ2n) is 5.48. The third-order valence-electron chi connectivity index (χ3n) is 3.98. The van der Waals surface area contributed by atoms with Gasteiger partial charge in [0.25, 0.3) is 0 Å². The Morgan fingerprint density at radius 3 is 2.57 bits per heavy atom. The highest BCUT2D eigenvalue weighted by molar-refractivity contribution is 7.80. The molecule has 0 spiro atoms. The standard InChI is InChI=1S/C15H20N2O3S/c1-19-12-5-6-13(20-2)14-10(12)7-17(8-11(14)18)15(21)16-9-3-4-9/h5-6,9,11,18H,3-4,7-8H2,1-2H3,(H,16,21)/t11-/m1/s1. The lowest BCUT2D eigenvalue weighted by atomic mass is 9.95. The van der Waals surface area contributed by atoms with Crippen LogP contribution in [0.2, 0.25) is 0 Å². The van der Waals surface area contributed by atoms with E-state index in [1.807, 2.05) is 17.0 Å². The van der Waals surface area contributed by atoms with Crippen molar-refractivity contribution >= 4 is 17.3 Å². The first-order valence-electron chi connectivity index (χ1n) is 7.11. The predicted octanol–water partition coefficient (Wildman–Crippen LogP) is 1.59. The molecule has 1 aromatic rings. The van der Waals surface area contributed by atoms with Gasteiger partial charge >= 0.3 is 0 Å². The molecule has 0 unspecified atom stereocenters. The molecule has 1 aliphatic carbocycles. The van der Waals surface area contributed by atoms with E-state index in [-0.39, 0.29) is 0 Å². The Balaban J connectivity index is 1.90. The summed E-state index contributed by atoms with van der Waals surface area (Å²) < 4.78 is 10.8. The first-order valence-corrected chi connectivity index (χ1v) is 7.52. The van der Waals surface area contributed by atoms with Gasteiger partial charge in [-0.3, -0.25) is 0 Å². The molecular weight excluding hydrogens is 288 g/mol. The van der Waals surface area contributed by atoms with Crippen molar-refractivity contribution in [3.05, 3.63) is 23.3 Å². The molecule has 1 aliphatic heterocycles. The number of benzene rings is 1. The van der Waals surface area contributed by atoms with E-state index >= 15 is 0 Å². The van der Waals surface area contributed by atoms with Crippen LogP contribution in [0.3, 0.4) is 0 Å². The summed E-state index contributed by atoms with van der Waals surface area (Å²) in [5, 5.41) is 14.5. The number of aliphatic hydroxyl groups is 1. The van der Waals surface area contributed by atoms with Gasteiger partial charge in [0.05, 0.1) is 20.8 Å². The van der Waals surface area contributed by atoms with E-state index in [1.165, 1.54) is 12.8 Å². The van der Waals surface area contributed by atoms with E-state index in [1.54, 1.807) is 14.2 Å². The summed E-state index contributed by atoms with van der Waals surface area (Å²) in [5.41, 5.74) is 1.75. The zero-order chi connectivity index (χ0) is 15.0. The zero-order valence-electron chi connectivity index (χ0n) is 12.3. The van der Waals surface area contributed by atoms with Crippen LogP contribution in [-0.2, 0) is 6.54 Å². The number of methoxy groups -OCH3 is 2. The Kier molecular flexibility index (Phi) is 3.91. The minimum atomic E-state index is -0.641. The molecule has 2 aliphatic rings. The minimum Gasteiger partial charge on any atom is -0.496 e. The number of thiocarbonyl (C=S) groups is 1. The predicted molar refractivity (Wildman–Crippen MR) is 83.7 cm³/mol. The van der Waals surface area contributed by atoms with Gasteiger partial charge in [-0.1, -0.05) is 0 Å². The molecule has 2 N–H and O–H groups in total. The fourth-order valence-electron chi connectivity index (χ4n) is 2.72. The van der Waals surface area contributed by atoms with Gasteiger partial charge in [-0.2, -0.15) is 0 Å². The second-order valence-corrected chi connectivity index (χ2v) is 5.87. The molecule has 0 saturated heterocycles. The molecule has 1 heterocycles. The van der Waals surface area contributed by atoms with Crippen LogP contribution in [0.5, 0.6) is 11.5 Å². The van der Waals surface area contributed by atoms with Crippen LogP contribution < -0.4 is 14.8 Å². The van der Waals surface area contributed by atoms with Gasteiger partial charge in [0.15, 0.2) is 5.11 Å². The molecule has 5 nitrogen and oxygen atoms in total. The average molecular weight is 308 g/mol. The summed E-state index contributed by atoms with van der Waals surface area (Å²) in [7, 11) is 3.24. The Hall–Kier alpha value is -1.53. The molecule has 21 heavy (non-hydrogen) atoms. The molecule has 0 bridgehead atoms. The number of hydrogen-bond acceptors (Lipinski definition) is 4. The van der Waals surface area contributed by atoms with E-state index < -0.39 is 6.10 Å². The number of nitrogens with zero attached hydrogens (tertiary/aromatic N) is 1. The van der Waals surface area contributed by atoms with Crippen LogP contribution in [0.25, 0.3) is 0 Å². The molecule has 0 radical (unpaired) electrons. The molecule has 1 fully saturated rings. The van der Waals surface area contributed by atoms with Gasteiger partial charge in [0.1, 0.15) is 17.6 Å². The van der Waals surface area contributed by atoms with Crippen molar-refractivity contribution in [1.29, 1.82) is 0 Å². The summed E-state index contributed by atoms with van der Waals surface area (Å²) in [5.74, 6) is 1.45. The van der Waals surface area contributed by atoms with Crippen molar-refractivity contribution in [3.8, 4) is 11.5 Å². The van der Waals surface area contributed by atoms with E-state index in [0.29, 0.717) is 30.0 Å². The maximum Gasteiger partial charge on any atom is 0.169 e. The first-order chi connectivity index (χ1) is 10.1. The van der Waals surface area contributed by atoms with E-state index in [0.717, 1.165) is 16.9 Å². The van der Waals surface area contributed by atoms with Crippen LogP contribution in [0.15, 0.2) is 12.1 Å². The Bertz CT molecular complexity index is 560. The summed E-state index contributed by atoms with van der Waals surface area (Å²) in [6.07, 6.45) is 1.70. The fraction of sp³-hybridized carbons (Fsp3) is 0.533. The van der Waals surface area contributed by atoms with Crippen LogP contribution >= 0.6 is 12.2 Å². The zero-order valence-corrected chi connectivity index (χ0v) is 13.1. The van der Waals surface area contributed by atoms with Crippen LogP contribution in [-0.4, -0.2) is 41.9 Å². The van der Waals surface area contributed by atoms with Crippen molar-refractivity contribution in [3.63, 3.8) is 0 Å². The summed E-state index contributed by atoms with van der Waals surface area (Å²) in [6.45, 7) is 1.08. The second kappa shape index (κ2) is 5.69. The Morgan fingerprint density at radius 1 is 1.29 bits per heavy atom. The molecule has 1 saturated carbocycles. The highest BCUT2D eigenvalue weighted by Crippen LogP contribution is 2.39.